The van der Waals surface area contributed by atoms with Gasteiger partial charge in [-0.2, -0.15) is 0 Å². The number of hydrogen-bond acceptors (Lipinski definition) is 2. The van der Waals surface area contributed by atoms with Gasteiger partial charge in [-0.15, -0.1) is 0 Å². The highest BCUT2D eigenvalue weighted by molar-refractivity contribution is 5.76. The molecule has 0 saturated heterocycles. The van der Waals surface area contributed by atoms with E-state index in [4.69, 9.17) is 0 Å². The molecule has 2 N–H and O–H groups in total. The lowest BCUT2D eigenvalue weighted by atomic mass is 9.72. The average Bonchev–Trinajstić information content (AvgIpc) is 2.40. The average molecular weight is 269 g/mol. The van der Waals surface area contributed by atoms with E-state index in [9.17, 15) is 14.7 Å². The molecule has 4 nitrogen and oxygen atoms in total. The number of rotatable bonds is 6. The number of amides is 1. The first-order chi connectivity index (χ1) is 8.92. The smallest absolute Gasteiger partial charge is 0.309 e. The SMILES string of the molecule is CCC(=O)NC1CCCCC1CC(C)(CC)C(=O)O. The van der Waals surface area contributed by atoms with Crippen LogP contribution in [-0.2, 0) is 9.59 Å². The lowest BCUT2D eigenvalue weighted by molar-refractivity contribution is -0.149. The molecule has 0 aromatic heterocycles. The third kappa shape index (κ3) is 4.22. The Hall–Kier alpha value is -1.06. The van der Waals surface area contributed by atoms with Gasteiger partial charge in [-0.25, -0.2) is 0 Å². The monoisotopic (exact) mass is 269 g/mol. The molecule has 0 radical (unpaired) electrons. The fraction of sp³-hybridized carbons (Fsp3) is 0.867. The van der Waals surface area contributed by atoms with E-state index < -0.39 is 11.4 Å². The fourth-order valence-corrected chi connectivity index (χ4v) is 2.91. The summed E-state index contributed by atoms with van der Waals surface area (Å²) in [7, 11) is 0. The minimum atomic E-state index is -0.721. The Morgan fingerprint density at radius 2 is 1.89 bits per heavy atom. The summed E-state index contributed by atoms with van der Waals surface area (Å²) in [5.74, 6) is -0.350. The van der Waals surface area contributed by atoms with Gasteiger partial charge < -0.3 is 10.4 Å². The highest BCUT2D eigenvalue weighted by Crippen LogP contribution is 2.37. The summed E-state index contributed by atoms with van der Waals surface area (Å²) >= 11 is 0. The van der Waals surface area contributed by atoms with Gasteiger partial charge in [-0.05, 0) is 38.5 Å². The predicted molar refractivity (Wildman–Crippen MR) is 74.8 cm³/mol. The molecule has 4 heteroatoms. The maximum Gasteiger partial charge on any atom is 0.309 e. The Bertz CT molecular complexity index is 329. The number of aliphatic carboxylic acids is 1. The van der Waals surface area contributed by atoms with Crippen LogP contribution in [0.2, 0.25) is 0 Å². The van der Waals surface area contributed by atoms with Gasteiger partial charge in [0.1, 0.15) is 0 Å². The predicted octanol–water partition coefficient (Wildman–Crippen LogP) is 2.96. The van der Waals surface area contributed by atoms with Crippen molar-refractivity contribution in [1.29, 1.82) is 0 Å². The molecule has 0 spiro atoms. The molecule has 0 aromatic carbocycles. The molecule has 0 aliphatic heterocycles. The van der Waals surface area contributed by atoms with Crippen LogP contribution in [0.25, 0.3) is 0 Å². The van der Waals surface area contributed by atoms with Crippen LogP contribution in [0.3, 0.4) is 0 Å². The Kier molecular flexibility index (Phi) is 5.83. The first-order valence-corrected chi connectivity index (χ1v) is 7.45. The van der Waals surface area contributed by atoms with Crippen molar-refractivity contribution in [1.82, 2.24) is 5.32 Å². The molecule has 1 rings (SSSR count). The maximum absolute atomic E-state index is 11.6. The molecular weight excluding hydrogens is 242 g/mol. The molecule has 19 heavy (non-hydrogen) atoms. The quantitative estimate of drug-likeness (QED) is 0.779. The first kappa shape index (κ1) is 16.0. The van der Waals surface area contributed by atoms with Crippen molar-refractivity contribution in [3.05, 3.63) is 0 Å². The van der Waals surface area contributed by atoms with Crippen molar-refractivity contribution in [3.63, 3.8) is 0 Å². The standard InChI is InChI=1S/C15H27NO3/c1-4-13(17)16-12-9-7-6-8-11(12)10-15(3,5-2)14(18)19/h11-12H,4-10H2,1-3H3,(H,16,17)(H,18,19). The Morgan fingerprint density at radius 1 is 1.26 bits per heavy atom. The highest BCUT2D eigenvalue weighted by Gasteiger charge is 2.37. The lowest BCUT2D eigenvalue weighted by Gasteiger charge is -2.37. The summed E-state index contributed by atoms with van der Waals surface area (Å²) in [4.78, 5) is 23.0. The van der Waals surface area contributed by atoms with Gasteiger partial charge in [0, 0.05) is 12.5 Å². The van der Waals surface area contributed by atoms with Crippen LogP contribution in [-0.4, -0.2) is 23.0 Å². The zero-order valence-electron chi connectivity index (χ0n) is 12.4. The van der Waals surface area contributed by atoms with E-state index in [1.165, 1.54) is 0 Å². The summed E-state index contributed by atoms with van der Waals surface area (Å²) in [6, 6.07) is 0.159. The molecule has 1 amide bonds. The van der Waals surface area contributed by atoms with E-state index in [0.717, 1.165) is 25.7 Å². The molecule has 1 fully saturated rings. The highest BCUT2D eigenvalue weighted by atomic mass is 16.4. The van der Waals surface area contributed by atoms with Crippen LogP contribution >= 0.6 is 0 Å². The molecule has 1 aliphatic rings. The molecule has 0 heterocycles. The second-order valence-electron chi connectivity index (χ2n) is 6.00. The van der Waals surface area contributed by atoms with Crippen molar-refractivity contribution in [3.8, 4) is 0 Å². The minimum Gasteiger partial charge on any atom is -0.481 e. The zero-order valence-corrected chi connectivity index (χ0v) is 12.4. The van der Waals surface area contributed by atoms with Gasteiger partial charge in [0.15, 0.2) is 0 Å². The van der Waals surface area contributed by atoms with Gasteiger partial charge in [0.05, 0.1) is 5.41 Å². The van der Waals surface area contributed by atoms with Crippen LogP contribution < -0.4 is 5.32 Å². The third-order valence-electron chi connectivity index (χ3n) is 4.59. The molecule has 3 unspecified atom stereocenters. The molecule has 110 valence electrons. The molecule has 0 bridgehead atoms. The van der Waals surface area contributed by atoms with E-state index in [-0.39, 0.29) is 11.9 Å². The summed E-state index contributed by atoms with van der Waals surface area (Å²) in [6.45, 7) is 5.60. The molecule has 3 atom stereocenters. The van der Waals surface area contributed by atoms with Crippen molar-refractivity contribution >= 4 is 11.9 Å². The van der Waals surface area contributed by atoms with Gasteiger partial charge in [-0.3, -0.25) is 9.59 Å². The summed E-state index contributed by atoms with van der Waals surface area (Å²) in [5, 5.41) is 12.5. The van der Waals surface area contributed by atoms with Crippen molar-refractivity contribution in [2.45, 2.75) is 71.8 Å². The second-order valence-corrected chi connectivity index (χ2v) is 6.00. The summed E-state index contributed by atoms with van der Waals surface area (Å²) in [6.07, 6.45) is 6.06. The number of carboxylic acids is 1. The van der Waals surface area contributed by atoms with E-state index in [2.05, 4.69) is 5.32 Å². The Labute approximate surface area is 116 Å². The Balaban J connectivity index is 2.71. The second kappa shape index (κ2) is 6.92. The topological polar surface area (TPSA) is 66.4 Å². The Morgan fingerprint density at radius 3 is 2.42 bits per heavy atom. The van der Waals surface area contributed by atoms with Crippen molar-refractivity contribution in [2.24, 2.45) is 11.3 Å². The van der Waals surface area contributed by atoms with Gasteiger partial charge in [0.2, 0.25) is 5.91 Å². The van der Waals surface area contributed by atoms with Crippen LogP contribution in [0.15, 0.2) is 0 Å². The normalized spacial score (nSPS) is 26.5. The summed E-state index contributed by atoms with van der Waals surface area (Å²) in [5.41, 5.74) is -0.669. The largest absolute Gasteiger partial charge is 0.481 e. The van der Waals surface area contributed by atoms with E-state index in [0.29, 0.717) is 25.2 Å². The van der Waals surface area contributed by atoms with Gasteiger partial charge in [-0.1, -0.05) is 26.7 Å². The van der Waals surface area contributed by atoms with Crippen molar-refractivity contribution in [2.75, 3.05) is 0 Å². The van der Waals surface area contributed by atoms with Gasteiger partial charge >= 0.3 is 5.97 Å². The summed E-state index contributed by atoms with van der Waals surface area (Å²) < 4.78 is 0. The number of carboxylic acid groups (broad SMARTS) is 1. The number of hydrogen-bond donors (Lipinski definition) is 2. The van der Waals surface area contributed by atoms with E-state index in [1.807, 2.05) is 20.8 Å². The molecule has 1 aliphatic carbocycles. The molecular formula is C15H27NO3. The molecule has 0 aromatic rings. The maximum atomic E-state index is 11.6. The lowest BCUT2D eigenvalue weighted by Crippen LogP contribution is -2.44. The zero-order chi connectivity index (χ0) is 14.5. The van der Waals surface area contributed by atoms with E-state index >= 15 is 0 Å². The first-order valence-electron chi connectivity index (χ1n) is 7.45. The third-order valence-corrected chi connectivity index (χ3v) is 4.59. The van der Waals surface area contributed by atoms with Gasteiger partial charge in [0.25, 0.3) is 0 Å². The fourth-order valence-electron chi connectivity index (χ4n) is 2.91. The van der Waals surface area contributed by atoms with Crippen LogP contribution in [0.1, 0.15) is 65.7 Å². The van der Waals surface area contributed by atoms with E-state index in [1.54, 1.807) is 0 Å². The number of nitrogens with one attached hydrogen (secondary N) is 1. The van der Waals surface area contributed by atoms with Crippen LogP contribution in [0, 0.1) is 11.3 Å². The molecule has 1 saturated carbocycles. The van der Waals surface area contributed by atoms with Crippen LogP contribution in [0.4, 0.5) is 0 Å². The van der Waals surface area contributed by atoms with Crippen LogP contribution in [0.5, 0.6) is 0 Å². The van der Waals surface area contributed by atoms with Crippen molar-refractivity contribution < 1.29 is 14.7 Å². The number of carbonyl (C=O) groups excluding carboxylic acids is 1. The minimum absolute atomic E-state index is 0.0745. The number of carbonyl (C=O) groups is 2.